The van der Waals surface area contributed by atoms with Crippen molar-refractivity contribution in [1.82, 2.24) is 16.0 Å². The van der Waals surface area contributed by atoms with E-state index in [9.17, 15) is 19.2 Å². The third-order valence-corrected chi connectivity index (χ3v) is 6.58. The van der Waals surface area contributed by atoms with Gasteiger partial charge in [0.25, 0.3) is 0 Å². The quantitative estimate of drug-likeness (QED) is 0.0580. The summed E-state index contributed by atoms with van der Waals surface area (Å²) < 4.78 is 38.1. The second-order valence-corrected chi connectivity index (χ2v) is 10.2. The molecule has 0 aromatic carbocycles. The highest BCUT2D eigenvalue weighted by atomic mass is 16.6. The summed E-state index contributed by atoms with van der Waals surface area (Å²) >= 11 is 0. The van der Waals surface area contributed by atoms with Gasteiger partial charge in [-0.25, -0.2) is 9.59 Å². The molecule has 0 spiro atoms. The lowest BCUT2D eigenvalue weighted by molar-refractivity contribution is -0.139. The van der Waals surface area contributed by atoms with Crippen LogP contribution in [0.4, 0.5) is 4.79 Å². The molecule has 0 saturated heterocycles. The van der Waals surface area contributed by atoms with E-state index in [-0.39, 0.29) is 50.6 Å². The van der Waals surface area contributed by atoms with E-state index in [1.54, 1.807) is 13.0 Å². The fraction of sp³-hybridized carbons (Fsp3) is 0.742. The Kier molecular flexibility index (Phi) is 23.2. The number of nitrogens with one attached hydrogen (secondary N) is 3. The van der Waals surface area contributed by atoms with Crippen LogP contribution in [0.1, 0.15) is 46.5 Å². The molecule has 3 amide bonds. The first-order chi connectivity index (χ1) is 22.2. The van der Waals surface area contributed by atoms with Crippen molar-refractivity contribution in [2.75, 3.05) is 79.2 Å². The van der Waals surface area contributed by atoms with Gasteiger partial charge in [-0.2, -0.15) is 0 Å². The van der Waals surface area contributed by atoms with Crippen molar-refractivity contribution >= 4 is 23.9 Å². The van der Waals surface area contributed by atoms with Gasteiger partial charge in [0, 0.05) is 38.4 Å². The van der Waals surface area contributed by atoms with Crippen LogP contribution in [0, 0.1) is 0 Å². The number of nitrogens with two attached hydrogens (primary N) is 1. The first-order valence-electron chi connectivity index (χ1n) is 15.9. The molecule has 0 bridgehead atoms. The minimum absolute atomic E-state index is 0.00256. The van der Waals surface area contributed by atoms with E-state index in [2.05, 4.69) is 22.5 Å². The Hall–Kier alpha value is -3.08. The van der Waals surface area contributed by atoms with E-state index in [1.165, 1.54) is 13.0 Å². The average molecular weight is 659 g/mol. The van der Waals surface area contributed by atoms with E-state index in [0.29, 0.717) is 77.8 Å². The number of hydrogen-bond donors (Lipinski definition) is 4. The summed E-state index contributed by atoms with van der Waals surface area (Å²) in [6.45, 7) is 12.9. The van der Waals surface area contributed by atoms with Gasteiger partial charge in [-0.15, -0.1) is 0 Å². The summed E-state index contributed by atoms with van der Waals surface area (Å²) in [5.74, 6) is -1.03. The Morgan fingerprint density at radius 2 is 1.59 bits per heavy atom. The first-order valence-corrected chi connectivity index (χ1v) is 15.9. The normalized spacial score (nSPS) is 18.2. The predicted octanol–water partition coefficient (Wildman–Crippen LogP) is 0.750. The zero-order chi connectivity index (χ0) is 34.0. The van der Waals surface area contributed by atoms with Crippen LogP contribution in [-0.4, -0.2) is 127 Å². The van der Waals surface area contributed by atoms with Gasteiger partial charge in [0.1, 0.15) is 6.61 Å². The van der Waals surface area contributed by atoms with Crippen LogP contribution in [0.2, 0.25) is 0 Å². The van der Waals surface area contributed by atoms with E-state index in [4.69, 9.17) is 38.9 Å². The van der Waals surface area contributed by atoms with Gasteiger partial charge in [-0.05, 0) is 25.8 Å². The number of ether oxygens (including phenoxy) is 7. The molecule has 15 heteroatoms. The monoisotopic (exact) mass is 658 g/mol. The lowest BCUT2D eigenvalue weighted by Gasteiger charge is -2.38. The second kappa shape index (κ2) is 26.0. The topological polar surface area (TPSA) is 195 Å². The van der Waals surface area contributed by atoms with Crippen LogP contribution >= 0.6 is 0 Å². The Bertz CT molecular complexity index is 934. The zero-order valence-electron chi connectivity index (χ0n) is 27.6. The molecule has 264 valence electrons. The fourth-order valence-corrected chi connectivity index (χ4v) is 4.41. The molecule has 0 saturated carbocycles. The molecular weight excluding hydrogens is 604 g/mol. The highest BCUT2D eigenvalue weighted by molar-refractivity contribution is 5.89. The highest BCUT2D eigenvalue weighted by Gasteiger charge is 2.39. The van der Waals surface area contributed by atoms with Crippen molar-refractivity contribution in [3.8, 4) is 0 Å². The van der Waals surface area contributed by atoms with Crippen molar-refractivity contribution < 1.29 is 52.3 Å². The van der Waals surface area contributed by atoms with Crippen molar-refractivity contribution in [3.05, 3.63) is 24.3 Å². The molecule has 0 radical (unpaired) electrons. The van der Waals surface area contributed by atoms with Crippen LogP contribution in [-0.2, 0) is 47.5 Å². The highest BCUT2D eigenvalue weighted by Crippen LogP contribution is 2.25. The molecule has 1 aliphatic carbocycles. The largest absolute Gasteiger partial charge is 0.463 e. The molecule has 0 aromatic rings. The van der Waals surface area contributed by atoms with Gasteiger partial charge < -0.3 is 54.8 Å². The van der Waals surface area contributed by atoms with Crippen LogP contribution in [0.3, 0.4) is 0 Å². The number of alkyl carbamates (subject to hydrolysis) is 1. The maximum atomic E-state index is 12.6. The lowest BCUT2D eigenvalue weighted by Crippen LogP contribution is -2.59. The van der Waals surface area contributed by atoms with Crippen LogP contribution in [0.5, 0.6) is 0 Å². The molecule has 15 nitrogen and oxygen atoms in total. The summed E-state index contributed by atoms with van der Waals surface area (Å²) in [5.41, 5.74) is 5.65. The van der Waals surface area contributed by atoms with Gasteiger partial charge in [0.05, 0.1) is 83.8 Å². The van der Waals surface area contributed by atoms with Gasteiger partial charge in [-0.3, -0.25) is 9.59 Å². The summed E-state index contributed by atoms with van der Waals surface area (Å²) in [4.78, 5) is 49.4. The minimum atomic E-state index is -0.764. The van der Waals surface area contributed by atoms with Crippen LogP contribution in [0.15, 0.2) is 24.3 Å². The van der Waals surface area contributed by atoms with Crippen molar-refractivity contribution in [2.45, 2.75) is 70.7 Å². The smallest absolute Gasteiger partial charge is 0.407 e. The molecular formula is C31H54N4O11. The fourth-order valence-electron chi connectivity index (χ4n) is 4.41. The first kappa shape index (κ1) is 40.9. The maximum Gasteiger partial charge on any atom is 0.407 e. The Morgan fingerprint density at radius 3 is 2.15 bits per heavy atom. The zero-order valence-corrected chi connectivity index (χ0v) is 27.6. The Labute approximate surface area is 272 Å². The SMILES string of the molecule is C=CCOC(=O)N[C@H]1CC(C(=O)OCC)=C[C@@H](O[C@@H](CC)CCNC(=O)CCOCCOCCOCCOCCN)[C@@H]1NC(C)=O. The second-order valence-electron chi connectivity index (χ2n) is 10.2. The van der Waals surface area contributed by atoms with Crippen molar-refractivity contribution in [2.24, 2.45) is 5.73 Å². The number of amides is 3. The molecule has 0 aromatic heterocycles. The molecule has 0 fully saturated rings. The summed E-state index contributed by atoms with van der Waals surface area (Å²) in [6.07, 6.45) is 2.61. The van der Waals surface area contributed by atoms with Crippen LogP contribution < -0.4 is 21.7 Å². The third kappa shape index (κ3) is 18.8. The van der Waals surface area contributed by atoms with Gasteiger partial charge in [0.2, 0.25) is 11.8 Å². The van der Waals surface area contributed by atoms with Crippen molar-refractivity contribution in [1.29, 1.82) is 0 Å². The molecule has 1 aliphatic rings. The molecule has 5 N–H and O–H groups in total. The molecule has 0 heterocycles. The molecule has 0 unspecified atom stereocenters. The number of esters is 1. The van der Waals surface area contributed by atoms with Gasteiger partial charge in [0.15, 0.2) is 0 Å². The van der Waals surface area contributed by atoms with Gasteiger partial charge in [-0.1, -0.05) is 19.6 Å². The Balaban J connectivity index is 2.54. The van der Waals surface area contributed by atoms with Crippen LogP contribution in [0.25, 0.3) is 0 Å². The third-order valence-electron chi connectivity index (χ3n) is 6.58. The van der Waals surface area contributed by atoms with E-state index < -0.39 is 30.3 Å². The summed E-state index contributed by atoms with van der Waals surface area (Å²) in [5, 5.41) is 8.43. The summed E-state index contributed by atoms with van der Waals surface area (Å²) in [6, 6.07) is -1.40. The number of carbonyl (C=O) groups excluding carboxylic acids is 4. The average Bonchev–Trinajstić information content (AvgIpc) is 3.02. The molecule has 4 atom stereocenters. The van der Waals surface area contributed by atoms with E-state index >= 15 is 0 Å². The number of carbonyl (C=O) groups is 4. The Morgan fingerprint density at radius 1 is 0.957 bits per heavy atom. The minimum Gasteiger partial charge on any atom is -0.463 e. The molecule has 1 rings (SSSR count). The number of rotatable bonds is 26. The number of hydrogen-bond acceptors (Lipinski definition) is 12. The molecule has 0 aliphatic heterocycles. The standard InChI is InChI=1S/C31H54N4O11/c1-5-12-45-31(39)35-26-21-24(30(38)44-7-3)22-27(29(26)34-23(4)36)46-25(6-2)8-11-33-28(37)9-13-40-15-17-42-19-20-43-18-16-41-14-10-32/h5,22,25-27,29H,1,6-21,32H2,2-4H3,(H,33,37)(H,34,36)(H,35,39)/t25-,26-,27+,29+/m0/s1. The maximum absolute atomic E-state index is 12.6. The van der Waals surface area contributed by atoms with E-state index in [0.717, 1.165) is 0 Å². The summed E-state index contributed by atoms with van der Waals surface area (Å²) in [7, 11) is 0. The van der Waals surface area contributed by atoms with E-state index in [1.807, 2.05) is 6.92 Å². The van der Waals surface area contributed by atoms with Crippen molar-refractivity contribution in [3.63, 3.8) is 0 Å². The van der Waals surface area contributed by atoms with Gasteiger partial charge >= 0.3 is 12.1 Å². The predicted molar refractivity (Wildman–Crippen MR) is 169 cm³/mol. The lowest BCUT2D eigenvalue weighted by atomic mass is 9.87. The molecule has 46 heavy (non-hydrogen) atoms.